The van der Waals surface area contributed by atoms with E-state index in [0.29, 0.717) is 23.0 Å². The third kappa shape index (κ3) is 6.25. The molecule has 2 rings (SSSR count). The first-order valence-corrected chi connectivity index (χ1v) is 10.3. The van der Waals surface area contributed by atoms with E-state index in [9.17, 15) is 9.59 Å². The zero-order chi connectivity index (χ0) is 20.5. The normalized spacial score (nSPS) is 11.7. The summed E-state index contributed by atoms with van der Waals surface area (Å²) < 4.78 is 0. The molecule has 4 nitrogen and oxygen atoms in total. The fourth-order valence-corrected chi connectivity index (χ4v) is 3.43. The molecule has 0 aliphatic rings. The van der Waals surface area contributed by atoms with Crippen molar-refractivity contribution in [2.24, 2.45) is 0 Å². The summed E-state index contributed by atoms with van der Waals surface area (Å²) in [5, 5.41) is 4.06. The predicted octanol–water partition coefficient (Wildman–Crippen LogP) is 4.87. The van der Waals surface area contributed by atoms with Crippen molar-refractivity contribution < 1.29 is 9.59 Å². The Morgan fingerprint density at radius 2 is 1.82 bits per heavy atom. The quantitative estimate of drug-likeness (QED) is 0.628. The molecule has 0 unspecified atom stereocenters. The summed E-state index contributed by atoms with van der Waals surface area (Å²) in [6.45, 7) is 4.75. The lowest BCUT2D eigenvalue weighted by Crippen LogP contribution is -2.49. The molecule has 28 heavy (non-hydrogen) atoms. The van der Waals surface area contributed by atoms with Crippen molar-refractivity contribution in [1.82, 2.24) is 10.2 Å². The Morgan fingerprint density at radius 1 is 1.07 bits per heavy atom. The Hall–Kier alpha value is -2.04. The van der Waals surface area contributed by atoms with E-state index < -0.39 is 6.04 Å². The molecule has 1 atom stereocenters. The van der Waals surface area contributed by atoms with Crippen molar-refractivity contribution in [1.29, 1.82) is 0 Å². The Kier molecular flexibility index (Phi) is 8.81. The standard InChI is InChI=1S/C22H26Cl2N2O2/c1-3-12-25-22(28)20(4-2)26(15-17-9-5-6-11-19(17)24)21(27)14-16-8-7-10-18(23)13-16/h5-11,13,20H,3-4,12,14-15H2,1-2H3,(H,25,28)/t20-/m1/s1. The predicted molar refractivity (Wildman–Crippen MR) is 115 cm³/mol. The van der Waals surface area contributed by atoms with Gasteiger partial charge in [0.25, 0.3) is 0 Å². The molecule has 2 aromatic carbocycles. The molecule has 0 saturated carbocycles. The van der Waals surface area contributed by atoms with E-state index in [2.05, 4.69) is 5.32 Å². The maximum atomic E-state index is 13.2. The SMILES string of the molecule is CCCNC(=O)[C@@H](CC)N(Cc1ccccc1Cl)C(=O)Cc1cccc(Cl)c1. The average molecular weight is 421 g/mol. The van der Waals surface area contributed by atoms with Crippen molar-refractivity contribution in [3.63, 3.8) is 0 Å². The summed E-state index contributed by atoms with van der Waals surface area (Å²) in [5.74, 6) is -0.281. The van der Waals surface area contributed by atoms with Crippen LogP contribution in [-0.2, 0) is 22.6 Å². The number of amides is 2. The lowest BCUT2D eigenvalue weighted by molar-refractivity contribution is -0.140. The molecular formula is C22H26Cl2N2O2. The van der Waals surface area contributed by atoms with Gasteiger partial charge in [0.15, 0.2) is 0 Å². The van der Waals surface area contributed by atoms with Crippen molar-refractivity contribution in [3.05, 3.63) is 69.7 Å². The van der Waals surface area contributed by atoms with Crippen LogP contribution in [-0.4, -0.2) is 29.3 Å². The molecule has 1 N–H and O–H groups in total. The number of nitrogens with zero attached hydrogens (tertiary/aromatic N) is 1. The van der Waals surface area contributed by atoms with Gasteiger partial charge in [0.1, 0.15) is 6.04 Å². The minimum absolute atomic E-state index is 0.138. The van der Waals surface area contributed by atoms with Crippen LogP contribution in [0.25, 0.3) is 0 Å². The number of benzene rings is 2. The molecule has 0 heterocycles. The summed E-state index contributed by atoms with van der Waals surface area (Å²) in [4.78, 5) is 27.5. The maximum absolute atomic E-state index is 13.2. The van der Waals surface area contributed by atoms with Gasteiger partial charge in [-0.2, -0.15) is 0 Å². The summed E-state index contributed by atoms with van der Waals surface area (Å²) in [6.07, 6.45) is 1.52. The number of rotatable bonds is 9. The first-order chi connectivity index (χ1) is 13.5. The number of hydrogen-bond donors (Lipinski definition) is 1. The van der Waals surface area contributed by atoms with Crippen molar-refractivity contribution in [2.75, 3.05) is 6.54 Å². The van der Waals surface area contributed by atoms with Crippen molar-refractivity contribution in [2.45, 2.75) is 45.7 Å². The fourth-order valence-electron chi connectivity index (χ4n) is 3.02. The first-order valence-electron chi connectivity index (χ1n) is 9.51. The van der Waals surface area contributed by atoms with Crippen LogP contribution < -0.4 is 5.32 Å². The van der Waals surface area contributed by atoms with Crippen molar-refractivity contribution >= 4 is 35.0 Å². The van der Waals surface area contributed by atoms with E-state index in [1.54, 1.807) is 23.1 Å². The number of carbonyl (C=O) groups excluding carboxylic acids is 2. The van der Waals surface area contributed by atoms with E-state index in [0.717, 1.165) is 17.5 Å². The molecule has 0 aliphatic carbocycles. The van der Waals surface area contributed by atoms with Crippen LogP contribution >= 0.6 is 23.2 Å². The Bertz CT molecular complexity index is 811. The van der Waals surface area contributed by atoms with E-state index in [1.807, 2.05) is 44.2 Å². The largest absolute Gasteiger partial charge is 0.354 e. The third-order valence-corrected chi connectivity index (χ3v) is 5.08. The number of halogens is 2. The number of carbonyl (C=O) groups is 2. The van der Waals surface area contributed by atoms with E-state index >= 15 is 0 Å². The molecule has 6 heteroatoms. The zero-order valence-electron chi connectivity index (χ0n) is 16.3. The molecule has 0 saturated heterocycles. The third-order valence-electron chi connectivity index (χ3n) is 4.48. The Morgan fingerprint density at radius 3 is 2.46 bits per heavy atom. The van der Waals surface area contributed by atoms with Crippen LogP contribution in [0.2, 0.25) is 10.0 Å². The highest BCUT2D eigenvalue weighted by molar-refractivity contribution is 6.31. The molecule has 0 fully saturated rings. The number of nitrogens with one attached hydrogen (secondary N) is 1. The molecule has 2 amide bonds. The second kappa shape index (κ2) is 11.1. The summed E-state index contributed by atoms with van der Waals surface area (Å²) in [5.41, 5.74) is 1.62. The van der Waals surface area contributed by atoms with Crippen molar-refractivity contribution in [3.8, 4) is 0 Å². The lowest BCUT2D eigenvalue weighted by Gasteiger charge is -2.31. The molecule has 0 radical (unpaired) electrons. The highest BCUT2D eigenvalue weighted by Gasteiger charge is 2.28. The second-order valence-corrected chi connectivity index (χ2v) is 7.48. The highest BCUT2D eigenvalue weighted by atomic mass is 35.5. The van der Waals surface area contributed by atoms with E-state index in [-0.39, 0.29) is 24.8 Å². The molecule has 150 valence electrons. The van der Waals surface area contributed by atoms with Crippen LogP contribution in [0.1, 0.15) is 37.8 Å². The second-order valence-electron chi connectivity index (χ2n) is 6.63. The summed E-state index contributed by atoms with van der Waals surface area (Å²) in [7, 11) is 0. The van der Waals surface area contributed by atoms with Crippen LogP contribution in [0.4, 0.5) is 0 Å². The van der Waals surface area contributed by atoms with Crippen LogP contribution in [0.5, 0.6) is 0 Å². The van der Waals surface area contributed by atoms with Gasteiger partial charge in [0.05, 0.1) is 6.42 Å². The monoisotopic (exact) mass is 420 g/mol. The van der Waals surface area contributed by atoms with Gasteiger partial charge in [-0.15, -0.1) is 0 Å². The topological polar surface area (TPSA) is 49.4 Å². The minimum Gasteiger partial charge on any atom is -0.354 e. The number of hydrogen-bond acceptors (Lipinski definition) is 2. The summed E-state index contributed by atoms with van der Waals surface area (Å²) in [6, 6.07) is 14.0. The smallest absolute Gasteiger partial charge is 0.242 e. The van der Waals surface area contributed by atoms with Gasteiger partial charge < -0.3 is 10.2 Å². The van der Waals surface area contributed by atoms with Crippen LogP contribution in [0, 0.1) is 0 Å². The minimum atomic E-state index is -0.561. The Balaban J connectivity index is 2.29. The zero-order valence-corrected chi connectivity index (χ0v) is 17.8. The van der Waals surface area contributed by atoms with Gasteiger partial charge in [0, 0.05) is 23.1 Å². The molecule has 0 spiro atoms. The molecule has 0 aromatic heterocycles. The van der Waals surface area contributed by atoms with Gasteiger partial charge >= 0.3 is 0 Å². The Labute approximate surface area is 176 Å². The molecular weight excluding hydrogens is 395 g/mol. The van der Waals surface area contributed by atoms with Crippen LogP contribution in [0.15, 0.2) is 48.5 Å². The van der Waals surface area contributed by atoms with Gasteiger partial charge in [0.2, 0.25) is 11.8 Å². The average Bonchev–Trinajstić information content (AvgIpc) is 2.67. The lowest BCUT2D eigenvalue weighted by atomic mass is 10.1. The molecule has 0 bridgehead atoms. The first kappa shape index (κ1) is 22.3. The van der Waals surface area contributed by atoms with Gasteiger partial charge in [-0.25, -0.2) is 0 Å². The maximum Gasteiger partial charge on any atom is 0.242 e. The van der Waals surface area contributed by atoms with E-state index in [1.165, 1.54) is 0 Å². The summed E-state index contributed by atoms with van der Waals surface area (Å²) >= 11 is 12.4. The highest BCUT2D eigenvalue weighted by Crippen LogP contribution is 2.21. The van der Waals surface area contributed by atoms with E-state index in [4.69, 9.17) is 23.2 Å². The molecule has 2 aromatic rings. The van der Waals surface area contributed by atoms with Gasteiger partial charge in [-0.1, -0.05) is 67.4 Å². The van der Waals surface area contributed by atoms with Gasteiger partial charge in [-0.3, -0.25) is 9.59 Å². The van der Waals surface area contributed by atoms with Gasteiger partial charge in [-0.05, 0) is 42.2 Å². The van der Waals surface area contributed by atoms with Crippen LogP contribution in [0.3, 0.4) is 0 Å². The fraction of sp³-hybridized carbons (Fsp3) is 0.364. The molecule has 0 aliphatic heterocycles.